The third-order valence-corrected chi connectivity index (χ3v) is 3.09. The van der Waals surface area contributed by atoms with E-state index in [1.165, 1.54) is 0 Å². The van der Waals surface area contributed by atoms with Crippen LogP contribution in [0.15, 0.2) is 30.4 Å². The van der Waals surface area contributed by atoms with Gasteiger partial charge in [0, 0.05) is 10.0 Å². The molecule has 2 nitrogen and oxygen atoms in total. The van der Waals surface area contributed by atoms with Crippen molar-refractivity contribution in [1.29, 1.82) is 0 Å². The molecule has 88 valence electrons. The zero-order chi connectivity index (χ0) is 12.1. The topological polar surface area (TPSA) is 38.0 Å². The van der Waals surface area contributed by atoms with Crippen LogP contribution < -0.4 is 11.3 Å². The number of nitrogens with two attached hydrogens (primary N) is 1. The number of hydrazine groups is 1. The van der Waals surface area contributed by atoms with Crippen LogP contribution in [-0.4, -0.2) is 0 Å². The maximum absolute atomic E-state index is 6.12. The van der Waals surface area contributed by atoms with Crippen LogP contribution in [0.5, 0.6) is 0 Å². The minimum Gasteiger partial charge on any atom is -0.271 e. The molecule has 0 aliphatic carbocycles. The normalized spacial score (nSPS) is 12.5. The summed E-state index contributed by atoms with van der Waals surface area (Å²) in [6, 6.07) is 5.40. The Kier molecular flexibility index (Phi) is 5.29. The number of nitrogens with one attached hydrogen (secondary N) is 1. The number of benzene rings is 1. The first-order valence-corrected chi connectivity index (χ1v) is 5.91. The van der Waals surface area contributed by atoms with Crippen molar-refractivity contribution in [3.05, 3.63) is 46.0 Å². The van der Waals surface area contributed by atoms with Gasteiger partial charge in [-0.3, -0.25) is 11.3 Å². The fourth-order valence-corrected chi connectivity index (χ4v) is 2.02. The molecule has 0 saturated heterocycles. The Morgan fingerprint density at radius 1 is 1.50 bits per heavy atom. The van der Waals surface area contributed by atoms with Gasteiger partial charge in [0.15, 0.2) is 0 Å². The van der Waals surface area contributed by atoms with Crippen molar-refractivity contribution in [2.24, 2.45) is 5.84 Å². The molecule has 4 heteroatoms. The minimum absolute atomic E-state index is 0.0165. The molecule has 1 rings (SSSR count). The fourth-order valence-electron chi connectivity index (χ4n) is 1.48. The highest BCUT2D eigenvalue weighted by Crippen LogP contribution is 2.29. The Morgan fingerprint density at radius 2 is 2.19 bits per heavy atom. The summed E-state index contributed by atoms with van der Waals surface area (Å²) in [6.07, 6.45) is 1.71. The monoisotopic (exact) mass is 258 g/mol. The Hall–Kier alpha value is -0.540. The van der Waals surface area contributed by atoms with E-state index in [2.05, 4.69) is 18.9 Å². The lowest BCUT2D eigenvalue weighted by Crippen LogP contribution is -2.28. The Balaban J connectivity index is 2.90. The van der Waals surface area contributed by atoms with Crippen LogP contribution in [0.25, 0.3) is 0 Å². The van der Waals surface area contributed by atoms with Crippen LogP contribution in [0.2, 0.25) is 10.0 Å². The smallest absolute Gasteiger partial charge is 0.0511 e. The third-order valence-electron chi connectivity index (χ3n) is 2.53. The van der Waals surface area contributed by atoms with E-state index in [-0.39, 0.29) is 6.04 Å². The van der Waals surface area contributed by atoms with E-state index in [0.29, 0.717) is 10.0 Å². The number of halogens is 2. The van der Waals surface area contributed by atoms with E-state index < -0.39 is 0 Å². The van der Waals surface area contributed by atoms with Crippen molar-refractivity contribution in [3.8, 4) is 0 Å². The summed E-state index contributed by atoms with van der Waals surface area (Å²) in [5.74, 6) is 5.53. The van der Waals surface area contributed by atoms with Gasteiger partial charge in [-0.25, -0.2) is 0 Å². The summed E-state index contributed by atoms with van der Waals surface area (Å²) >= 11 is 12.0. The van der Waals surface area contributed by atoms with E-state index in [0.717, 1.165) is 24.0 Å². The van der Waals surface area contributed by atoms with E-state index >= 15 is 0 Å². The van der Waals surface area contributed by atoms with Crippen LogP contribution in [0.1, 0.15) is 31.4 Å². The average Bonchev–Trinajstić information content (AvgIpc) is 2.26. The summed E-state index contributed by atoms with van der Waals surface area (Å²) in [7, 11) is 0. The summed E-state index contributed by atoms with van der Waals surface area (Å²) in [5, 5.41) is 1.25. The molecule has 0 aromatic heterocycles. The highest BCUT2D eigenvalue weighted by Gasteiger charge is 2.14. The first-order valence-electron chi connectivity index (χ1n) is 5.16. The van der Waals surface area contributed by atoms with Gasteiger partial charge in [-0.05, 0) is 30.5 Å². The van der Waals surface area contributed by atoms with E-state index in [4.69, 9.17) is 29.0 Å². The molecule has 16 heavy (non-hydrogen) atoms. The van der Waals surface area contributed by atoms with Crippen molar-refractivity contribution in [2.75, 3.05) is 0 Å². The van der Waals surface area contributed by atoms with Crippen LogP contribution in [0.4, 0.5) is 0 Å². The maximum Gasteiger partial charge on any atom is 0.0511 e. The fraction of sp³-hybridized carbons (Fsp3) is 0.333. The first-order chi connectivity index (χ1) is 7.58. The highest BCUT2D eigenvalue weighted by molar-refractivity contribution is 6.35. The molecule has 0 aliphatic heterocycles. The van der Waals surface area contributed by atoms with Gasteiger partial charge in [0.05, 0.1) is 6.04 Å². The van der Waals surface area contributed by atoms with Crippen molar-refractivity contribution >= 4 is 23.2 Å². The molecule has 1 aromatic rings. The van der Waals surface area contributed by atoms with Gasteiger partial charge < -0.3 is 0 Å². The Morgan fingerprint density at radius 3 is 2.69 bits per heavy atom. The molecule has 1 aromatic carbocycles. The van der Waals surface area contributed by atoms with Gasteiger partial charge in [-0.15, -0.1) is 0 Å². The standard InChI is InChI=1S/C12H16Cl2N2/c1-3-8(2)6-12(16-15)10-5-4-9(13)7-11(10)14/h4-5,7,12,16H,2-3,6,15H2,1H3. The number of hydrogen-bond donors (Lipinski definition) is 2. The van der Waals surface area contributed by atoms with Gasteiger partial charge >= 0.3 is 0 Å². The van der Waals surface area contributed by atoms with Crippen LogP contribution >= 0.6 is 23.2 Å². The summed E-state index contributed by atoms with van der Waals surface area (Å²) in [6.45, 7) is 6.04. The highest BCUT2D eigenvalue weighted by atomic mass is 35.5. The molecule has 0 saturated carbocycles. The largest absolute Gasteiger partial charge is 0.271 e. The minimum atomic E-state index is -0.0165. The first kappa shape index (κ1) is 13.5. The van der Waals surface area contributed by atoms with E-state index in [9.17, 15) is 0 Å². The van der Waals surface area contributed by atoms with Gasteiger partial charge in [-0.2, -0.15) is 0 Å². The Bertz CT molecular complexity index is 377. The number of rotatable bonds is 5. The second-order valence-electron chi connectivity index (χ2n) is 3.69. The van der Waals surface area contributed by atoms with E-state index in [1.807, 2.05) is 12.1 Å². The molecule has 0 radical (unpaired) electrons. The molecule has 0 fully saturated rings. The lowest BCUT2D eigenvalue weighted by Gasteiger charge is -2.18. The summed E-state index contributed by atoms with van der Waals surface area (Å²) in [5.41, 5.74) is 4.84. The molecular formula is C12H16Cl2N2. The van der Waals surface area contributed by atoms with Gasteiger partial charge in [0.25, 0.3) is 0 Å². The van der Waals surface area contributed by atoms with Crippen molar-refractivity contribution in [1.82, 2.24) is 5.43 Å². The molecule has 0 amide bonds. The van der Waals surface area contributed by atoms with Crippen LogP contribution in [-0.2, 0) is 0 Å². The SMILES string of the molecule is C=C(CC)CC(NN)c1ccc(Cl)cc1Cl. The lowest BCUT2D eigenvalue weighted by molar-refractivity contribution is 0.545. The number of hydrogen-bond acceptors (Lipinski definition) is 2. The molecule has 3 N–H and O–H groups in total. The Labute approximate surface area is 106 Å². The second kappa shape index (κ2) is 6.26. The van der Waals surface area contributed by atoms with Crippen LogP contribution in [0, 0.1) is 0 Å². The molecular weight excluding hydrogens is 243 g/mol. The predicted molar refractivity (Wildman–Crippen MR) is 70.6 cm³/mol. The van der Waals surface area contributed by atoms with Crippen molar-refractivity contribution in [3.63, 3.8) is 0 Å². The molecule has 0 bridgehead atoms. The summed E-state index contributed by atoms with van der Waals surface area (Å²) in [4.78, 5) is 0. The van der Waals surface area contributed by atoms with Crippen molar-refractivity contribution < 1.29 is 0 Å². The third kappa shape index (κ3) is 3.49. The predicted octanol–water partition coefficient (Wildman–Crippen LogP) is 3.85. The van der Waals surface area contributed by atoms with Gasteiger partial charge in [-0.1, -0.05) is 48.3 Å². The zero-order valence-electron chi connectivity index (χ0n) is 9.26. The molecule has 0 aliphatic rings. The maximum atomic E-state index is 6.12. The van der Waals surface area contributed by atoms with E-state index in [1.54, 1.807) is 6.07 Å². The quantitative estimate of drug-likeness (QED) is 0.478. The molecule has 1 unspecified atom stereocenters. The zero-order valence-corrected chi connectivity index (χ0v) is 10.8. The van der Waals surface area contributed by atoms with Crippen molar-refractivity contribution in [2.45, 2.75) is 25.8 Å². The van der Waals surface area contributed by atoms with Gasteiger partial charge in [0.2, 0.25) is 0 Å². The average molecular weight is 259 g/mol. The lowest BCUT2D eigenvalue weighted by atomic mass is 9.99. The van der Waals surface area contributed by atoms with Gasteiger partial charge in [0.1, 0.15) is 0 Å². The molecule has 1 atom stereocenters. The molecule has 0 heterocycles. The second-order valence-corrected chi connectivity index (χ2v) is 4.54. The van der Waals surface area contributed by atoms with Crippen LogP contribution in [0.3, 0.4) is 0 Å². The summed E-state index contributed by atoms with van der Waals surface area (Å²) < 4.78 is 0. The molecule has 0 spiro atoms.